The number of anilines is 1. The molecule has 2 heterocycles. The largest absolute Gasteiger partial charge is 0.359 e. The molecule has 1 amide bonds. The van der Waals surface area contributed by atoms with Gasteiger partial charge in [-0.1, -0.05) is 12.1 Å². The Balaban J connectivity index is 1.75. The van der Waals surface area contributed by atoms with Crippen molar-refractivity contribution in [2.75, 3.05) is 5.32 Å². The van der Waals surface area contributed by atoms with E-state index < -0.39 is 17.5 Å². The van der Waals surface area contributed by atoms with Crippen LogP contribution in [0.5, 0.6) is 0 Å². The van der Waals surface area contributed by atoms with Crippen LogP contribution in [-0.2, 0) is 7.05 Å². The summed E-state index contributed by atoms with van der Waals surface area (Å²) in [4.78, 5) is 15.5. The second kappa shape index (κ2) is 5.41. The van der Waals surface area contributed by atoms with E-state index in [1.807, 2.05) is 25.1 Å². The maximum atomic E-state index is 13.5. The molecule has 0 saturated heterocycles. The molecule has 0 aliphatic carbocycles. The Morgan fingerprint density at radius 3 is 2.72 bits per heavy atom. The van der Waals surface area contributed by atoms with Crippen LogP contribution >= 0.6 is 0 Å². The number of carbonyl (C=O) groups excluding carboxylic acids is 1. The topological polar surface area (TPSA) is 62.7 Å². The quantitative estimate of drug-likeness (QED) is 0.581. The lowest BCUT2D eigenvalue weighted by Gasteiger charge is -2.02. The highest BCUT2D eigenvalue weighted by Gasteiger charge is 2.18. The van der Waals surface area contributed by atoms with Gasteiger partial charge in [-0.25, -0.2) is 8.78 Å². The zero-order chi connectivity index (χ0) is 17.7. The number of hydrogen-bond donors (Lipinski definition) is 2. The average molecular weight is 340 g/mol. The monoisotopic (exact) mass is 340 g/mol. The van der Waals surface area contributed by atoms with Gasteiger partial charge in [0.1, 0.15) is 0 Å². The van der Waals surface area contributed by atoms with Crippen molar-refractivity contribution in [3.8, 4) is 0 Å². The van der Waals surface area contributed by atoms with Crippen molar-refractivity contribution in [1.82, 2.24) is 14.8 Å². The number of H-pyrrole nitrogens is 1. The van der Waals surface area contributed by atoms with Crippen LogP contribution < -0.4 is 5.32 Å². The highest BCUT2D eigenvalue weighted by atomic mass is 19.2. The van der Waals surface area contributed by atoms with Crippen LogP contribution in [0.15, 0.2) is 36.5 Å². The molecule has 0 atom stereocenters. The zero-order valence-electron chi connectivity index (χ0n) is 13.5. The summed E-state index contributed by atoms with van der Waals surface area (Å²) in [6.45, 7) is 1.96. The molecular formula is C18H14F2N4O. The molecule has 0 aliphatic rings. The van der Waals surface area contributed by atoms with Crippen LogP contribution in [0.4, 0.5) is 14.5 Å². The van der Waals surface area contributed by atoms with Gasteiger partial charge in [-0.2, -0.15) is 5.10 Å². The molecule has 0 bridgehead atoms. The molecule has 2 N–H and O–H groups in total. The highest BCUT2D eigenvalue weighted by molar-refractivity contribution is 6.13. The van der Waals surface area contributed by atoms with Gasteiger partial charge in [-0.05, 0) is 24.6 Å². The van der Waals surface area contributed by atoms with Gasteiger partial charge >= 0.3 is 0 Å². The van der Waals surface area contributed by atoms with Crippen molar-refractivity contribution in [2.24, 2.45) is 7.05 Å². The first-order valence-corrected chi connectivity index (χ1v) is 7.65. The molecular weight excluding hydrogens is 326 g/mol. The molecule has 7 heteroatoms. The van der Waals surface area contributed by atoms with Crippen LogP contribution in [0.2, 0.25) is 0 Å². The summed E-state index contributed by atoms with van der Waals surface area (Å²) in [5.41, 5.74) is 2.95. The maximum absolute atomic E-state index is 13.5. The first-order valence-electron chi connectivity index (χ1n) is 7.65. The smallest absolute Gasteiger partial charge is 0.276 e. The standard InChI is InChI=1S/C18H14F2N4O/c1-9-3-4-10-16(5-9)24(2)23-17(10)18(25)22-15-8-21-14-7-13(20)12(19)6-11(14)15/h3-8,21H,1-2H3,(H,22,25). The molecule has 0 spiro atoms. The van der Waals surface area contributed by atoms with Crippen LogP contribution in [0.25, 0.3) is 21.8 Å². The lowest BCUT2D eigenvalue weighted by atomic mass is 10.1. The molecule has 0 aliphatic heterocycles. The molecule has 0 radical (unpaired) electrons. The molecule has 0 unspecified atom stereocenters. The summed E-state index contributed by atoms with van der Waals surface area (Å²) >= 11 is 0. The summed E-state index contributed by atoms with van der Waals surface area (Å²) in [7, 11) is 1.77. The fraction of sp³-hybridized carbons (Fsp3) is 0.111. The second-order valence-corrected chi connectivity index (χ2v) is 5.96. The van der Waals surface area contributed by atoms with E-state index in [0.717, 1.165) is 28.6 Å². The Kier molecular flexibility index (Phi) is 3.31. The van der Waals surface area contributed by atoms with E-state index in [0.29, 0.717) is 16.6 Å². The SMILES string of the molecule is Cc1ccc2c(C(=O)Nc3c[nH]c4cc(F)c(F)cc34)nn(C)c2c1. The van der Waals surface area contributed by atoms with Gasteiger partial charge < -0.3 is 10.3 Å². The number of amides is 1. The minimum atomic E-state index is -0.971. The lowest BCUT2D eigenvalue weighted by molar-refractivity contribution is 0.102. The minimum Gasteiger partial charge on any atom is -0.359 e. The van der Waals surface area contributed by atoms with E-state index in [9.17, 15) is 13.6 Å². The van der Waals surface area contributed by atoms with Gasteiger partial charge in [0, 0.05) is 30.1 Å². The summed E-state index contributed by atoms with van der Waals surface area (Å²) in [5.74, 6) is -2.33. The van der Waals surface area contributed by atoms with Gasteiger partial charge in [0.2, 0.25) is 0 Å². The Morgan fingerprint density at radius 2 is 1.92 bits per heavy atom. The number of nitrogens with one attached hydrogen (secondary N) is 2. The van der Waals surface area contributed by atoms with Gasteiger partial charge in [0.05, 0.1) is 16.7 Å². The number of hydrogen-bond acceptors (Lipinski definition) is 2. The van der Waals surface area contributed by atoms with Crippen LogP contribution in [-0.4, -0.2) is 20.7 Å². The third-order valence-electron chi connectivity index (χ3n) is 4.19. The molecule has 5 nitrogen and oxygen atoms in total. The maximum Gasteiger partial charge on any atom is 0.276 e. The number of rotatable bonds is 2. The summed E-state index contributed by atoms with van der Waals surface area (Å²) in [5, 5.41) is 8.11. The van der Waals surface area contributed by atoms with Gasteiger partial charge in [-0.3, -0.25) is 9.48 Å². The number of nitrogens with zero attached hydrogens (tertiary/aromatic N) is 2. The summed E-state index contributed by atoms with van der Waals surface area (Å²) < 4.78 is 28.4. The van der Waals surface area contributed by atoms with Crippen molar-refractivity contribution in [3.05, 3.63) is 59.4 Å². The predicted molar refractivity (Wildman–Crippen MR) is 91.6 cm³/mol. The number of carbonyl (C=O) groups is 1. The normalized spacial score (nSPS) is 11.4. The van der Waals surface area contributed by atoms with Gasteiger partial charge in [-0.15, -0.1) is 0 Å². The van der Waals surface area contributed by atoms with E-state index in [1.165, 1.54) is 6.20 Å². The molecule has 0 fully saturated rings. The highest BCUT2D eigenvalue weighted by Crippen LogP contribution is 2.27. The van der Waals surface area contributed by atoms with Gasteiger partial charge in [0.25, 0.3) is 5.91 Å². The summed E-state index contributed by atoms with van der Waals surface area (Å²) in [6, 6.07) is 7.81. The number of aromatic amines is 1. The number of benzene rings is 2. The van der Waals surface area contributed by atoms with Crippen LogP contribution in [0.3, 0.4) is 0 Å². The third-order valence-corrected chi connectivity index (χ3v) is 4.19. The number of aromatic nitrogens is 3. The Morgan fingerprint density at radius 1 is 1.16 bits per heavy atom. The molecule has 2 aromatic carbocycles. The Hall–Kier alpha value is -3.22. The Bertz CT molecular complexity index is 1140. The minimum absolute atomic E-state index is 0.273. The van der Waals surface area contributed by atoms with Crippen molar-refractivity contribution in [2.45, 2.75) is 6.92 Å². The van der Waals surface area contributed by atoms with E-state index in [1.54, 1.807) is 11.7 Å². The summed E-state index contributed by atoms with van der Waals surface area (Å²) in [6.07, 6.45) is 1.50. The van der Waals surface area contributed by atoms with Crippen molar-refractivity contribution in [1.29, 1.82) is 0 Å². The predicted octanol–water partition coefficient (Wildman–Crippen LogP) is 3.89. The molecule has 4 rings (SSSR count). The van der Waals surface area contributed by atoms with E-state index >= 15 is 0 Å². The van der Waals surface area contributed by atoms with E-state index in [2.05, 4.69) is 15.4 Å². The fourth-order valence-corrected chi connectivity index (χ4v) is 2.94. The van der Waals surface area contributed by atoms with Gasteiger partial charge in [0.15, 0.2) is 17.3 Å². The average Bonchev–Trinajstić information content (AvgIpc) is 3.10. The molecule has 126 valence electrons. The van der Waals surface area contributed by atoms with E-state index in [-0.39, 0.29) is 5.69 Å². The van der Waals surface area contributed by atoms with Crippen LogP contribution in [0.1, 0.15) is 16.1 Å². The molecule has 0 saturated carbocycles. The second-order valence-electron chi connectivity index (χ2n) is 5.96. The Labute approximate surface area is 141 Å². The van der Waals surface area contributed by atoms with Crippen molar-refractivity contribution >= 4 is 33.4 Å². The first-order chi connectivity index (χ1) is 11.9. The van der Waals surface area contributed by atoms with Crippen molar-refractivity contribution in [3.63, 3.8) is 0 Å². The number of aryl methyl sites for hydroxylation is 2. The fourth-order valence-electron chi connectivity index (χ4n) is 2.94. The van der Waals surface area contributed by atoms with E-state index in [4.69, 9.17) is 0 Å². The number of fused-ring (bicyclic) bond motifs is 2. The lowest BCUT2D eigenvalue weighted by Crippen LogP contribution is -2.13. The molecule has 25 heavy (non-hydrogen) atoms. The molecule has 2 aromatic heterocycles. The first kappa shape index (κ1) is 15.3. The van der Waals surface area contributed by atoms with Crippen molar-refractivity contribution < 1.29 is 13.6 Å². The zero-order valence-corrected chi connectivity index (χ0v) is 13.5. The number of halogens is 2. The van der Waals surface area contributed by atoms with Crippen LogP contribution in [0, 0.1) is 18.6 Å². The molecule has 4 aromatic rings. The third kappa shape index (κ3) is 2.44.